The maximum Gasteiger partial charge on any atom is 0.383 e. The molecule has 0 radical (unpaired) electrons. The maximum absolute atomic E-state index is 9.84. The molecule has 0 fully saturated rings. The van der Waals surface area contributed by atoms with Crippen molar-refractivity contribution in [2.75, 3.05) is 0 Å². The first-order valence-corrected chi connectivity index (χ1v) is 5.51. The molecule has 0 atom stereocenters. The zero-order valence-corrected chi connectivity index (χ0v) is 8.97. The summed E-state index contributed by atoms with van der Waals surface area (Å²) in [6, 6.07) is 9.48. The summed E-state index contributed by atoms with van der Waals surface area (Å²) in [5.41, 5.74) is 0.867. The van der Waals surface area contributed by atoms with Gasteiger partial charge in [-0.3, -0.25) is 0 Å². The van der Waals surface area contributed by atoms with Gasteiger partial charge in [0.2, 0.25) is 0 Å². The topological polar surface area (TPSA) is 31.5 Å². The van der Waals surface area contributed by atoms with Crippen LogP contribution in [0.5, 0.6) is 5.75 Å². The van der Waals surface area contributed by atoms with Crippen LogP contribution in [0.15, 0.2) is 34.7 Å². The van der Waals surface area contributed by atoms with Crippen LogP contribution in [-0.2, 0) is 0 Å². The lowest BCUT2D eigenvalue weighted by atomic mass is 10.1. The van der Waals surface area contributed by atoms with E-state index in [2.05, 4.69) is 0 Å². The predicted molar refractivity (Wildman–Crippen MR) is 62.4 cm³/mol. The molecule has 3 rings (SSSR count). The highest BCUT2D eigenvalue weighted by molar-refractivity contribution is 7.18. The quantitative estimate of drug-likeness (QED) is 0.578. The van der Waals surface area contributed by atoms with Gasteiger partial charge in [-0.1, -0.05) is 18.2 Å². The Bertz CT molecular complexity index is 655. The molecule has 0 spiro atoms. The lowest BCUT2D eigenvalue weighted by Crippen LogP contribution is -1.74. The second-order valence-corrected chi connectivity index (χ2v) is 4.68. The fourth-order valence-corrected chi connectivity index (χ4v) is 2.65. The van der Waals surface area contributed by atoms with Crippen LogP contribution in [0.2, 0.25) is 0 Å². The summed E-state index contributed by atoms with van der Waals surface area (Å²) in [5.74, 6) is 0.315. The molecule has 0 unspecified atom stereocenters. The second-order valence-electron chi connectivity index (χ2n) is 3.46. The van der Waals surface area contributed by atoms with Gasteiger partial charge < -0.3 is 5.11 Å². The number of phenols is 1. The Morgan fingerprint density at radius 3 is 2.73 bits per heavy atom. The Hall–Kier alpha value is -1.61. The van der Waals surface area contributed by atoms with Crippen LogP contribution in [-0.4, -0.2) is 5.11 Å². The summed E-state index contributed by atoms with van der Waals surface area (Å²) in [7, 11) is 0. The molecule has 1 aromatic heterocycles. The lowest BCUT2D eigenvalue weighted by Gasteiger charge is -1.96. The van der Waals surface area contributed by atoms with E-state index in [1.54, 1.807) is 17.4 Å². The van der Waals surface area contributed by atoms with Crippen LogP contribution < -0.4 is 0 Å². The molecule has 0 saturated heterocycles. The van der Waals surface area contributed by atoms with Gasteiger partial charge >= 0.3 is 10.7 Å². The maximum atomic E-state index is 9.84. The van der Waals surface area contributed by atoms with E-state index in [-0.39, 0.29) is 0 Å². The molecule has 0 bridgehead atoms. The van der Waals surface area contributed by atoms with Crippen molar-refractivity contribution in [2.45, 2.75) is 6.92 Å². The fraction of sp³-hybridized carbons (Fsp3) is 0.0833. The van der Waals surface area contributed by atoms with Gasteiger partial charge in [0.05, 0.1) is 12.3 Å². The number of hydrogen-bond donors (Lipinski definition) is 1. The van der Waals surface area contributed by atoms with Gasteiger partial charge in [0.15, 0.2) is 0 Å². The zero-order chi connectivity index (χ0) is 10.4. The van der Waals surface area contributed by atoms with Gasteiger partial charge in [0.25, 0.3) is 0 Å². The van der Waals surface area contributed by atoms with Gasteiger partial charge in [0, 0.05) is 11.5 Å². The van der Waals surface area contributed by atoms with E-state index < -0.39 is 0 Å². The van der Waals surface area contributed by atoms with Gasteiger partial charge in [-0.2, -0.15) is 4.42 Å². The Kier molecular flexibility index (Phi) is 1.70. The Labute approximate surface area is 90.4 Å². The summed E-state index contributed by atoms with van der Waals surface area (Å²) < 4.78 is 6.63. The summed E-state index contributed by atoms with van der Waals surface area (Å²) in [4.78, 5) is 0. The first kappa shape index (κ1) is 8.68. The molecule has 0 aliphatic rings. The monoisotopic (exact) mass is 217 g/mol. The lowest BCUT2D eigenvalue weighted by molar-refractivity contribution is 0.482. The molecule has 3 aromatic rings. The molecular formula is C12H9O2S+. The largest absolute Gasteiger partial charge is 0.507 e. The molecule has 0 saturated carbocycles. The molecule has 0 amide bonds. The van der Waals surface area contributed by atoms with E-state index in [0.29, 0.717) is 5.75 Å². The molecule has 1 heterocycles. The van der Waals surface area contributed by atoms with Crippen LogP contribution in [0.3, 0.4) is 0 Å². The predicted octanol–water partition coefficient (Wildman–Crippen LogP) is 3.94. The average Bonchev–Trinajstić information content (AvgIpc) is 2.59. The highest BCUT2D eigenvalue weighted by atomic mass is 32.1. The molecule has 2 aromatic carbocycles. The molecule has 0 aliphatic heterocycles. The molecule has 0 aliphatic carbocycles. The van der Waals surface area contributed by atoms with E-state index in [0.717, 1.165) is 26.1 Å². The molecular weight excluding hydrogens is 208 g/mol. The van der Waals surface area contributed by atoms with Crippen LogP contribution in [0.4, 0.5) is 0 Å². The Morgan fingerprint density at radius 1 is 1.20 bits per heavy atom. The number of rotatable bonds is 0. The van der Waals surface area contributed by atoms with Crippen molar-refractivity contribution in [2.24, 2.45) is 0 Å². The standard InChI is InChI=1S/C12H8O2S/c1-7-14-12-9-5-3-2-4-8(9)10(13)6-11(12)15-7/h2-6H,1H3/p+1. The first-order valence-electron chi connectivity index (χ1n) is 4.69. The van der Waals surface area contributed by atoms with Gasteiger partial charge in [0.1, 0.15) is 10.4 Å². The van der Waals surface area contributed by atoms with Crippen molar-refractivity contribution in [3.8, 4) is 5.75 Å². The average molecular weight is 217 g/mol. The third kappa shape index (κ3) is 1.20. The third-order valence-corrected chi connectivity index (χ3v) is 3.33. The Morgan fingerprint density at radius 2 is 1.93 bits per heavy atom. The SMILES string of the molecule is Cc1[o+]c2c(cc(O)c3ccccc32)s1. The van der Waals surface area contributed by atoms with E-state index >= 15 is 0 Å². The summed E-state index contributed by atoms with van der Waals surface area (Å²) >= 11 is 1.55. The van der Waals surface area contributed by atoms with E-state index in [1.165, 1.54) is 0 Å². The third-order valence-electron chi connectivity index (χ3n) is 2.44. The normalized spacial score (nSPS) is 11.3. The summed E-state index contributed by atoms with van der Waals surface area (Å²) in [5, 5.41) is 12.6. The Balaban J connectivity index is 2.62. The van der Waals surface area contributed by atoms with E-state index in [4.69, 9.17) is 4.42 Å². The number of hydrogen-bond acceptors (Lipinski definition) is 2. The molecule has 2 nitrogen and oxygen atoms in total. The molecule has 74 valence electrons. The van der Waals surface area contributed by atoms with Crippen LogP contribution >= 0.6 is 11.3 Å². The van der Waals surface area contributed by atoms with Crippen molar-refractivity contribution in [1.82, 2.24) is 0 Å². The number of aryl methyl sites for hydroxylation is 1. The molecule has 3 heteroatoms. The van der Waals surface area contributed by atoms with Crippen LogP contribution in [0.1, 0.15) is 5.07 Å². The highest BCUT2D eigenvalue weighted by Crippen LogP contribution is 2.36. The summed E-state index contributed by atoms with van der Waals surface area (Å²) in [6.07, 6.45) is 0. The number of phenolic OH excluding ortho intramolecular Hbond substituents is 1. The van der Waals surface area contributed by atoms with Crippen molar-refractivity contribution < 1.29 is 9.52 Å². The smallest absolute Gasteiger partial charge is 0.383 e. The molecule has 15 heavy (non-hydrogen) atoms. The minimum Gasteiger partial charge on any atom is -0.507 e. The van der Waals surface area contributed by atoms with Crippen molar-refractivity contribution in [1.29, 1.82) is 0 Å². The van der Waals surface area contributed by atoms with Gasteiger partial charge in [-0.05, 0) is 17.4 Å². The summed E-state index contributed by atoms with van der Waals surface area (Å²) in [6.45, 7) is 1.93. The minimum atomic E-state index is 0.315. The van der Waals surface area contributed by atoms with Crippen molar-refractivity contribution in [3.05, 3.63) is 35.4 Å². The van der Waals surface area contributed by atoms with E-state index in [9.17, 15) is 5.11 Å². The van der Waals surface area contributed by atoms with E-state index in [1.807, 2.05) is 31.2 Å². The molecule has 1 N–H and O–H groups in total. The van der Waals surface area contributed by atoms with Crippen molar-refractivity contribution >= 4 is 32.4 Å². The minimum absolute atomic E-state index is 0.315. The van der Waals surface area contributed by atoms with Gasteiger partial charge in [-0.15, -0.1) is 0 Å². The number of fused-ring (bicyclic) bond motifs is 3. The number of aromatic hydroxyl groups is 1. The number of benzene rings is 2. The van der Waals surface area contributed by atoms with Crippen LogP contribution in [0.25, 0.3) is 21.1 Å². The second kappa shape index (κ2) is 2.94. The zero-order valence-electron chi connectivity index (χ0n) is 8.15. The first-order chi connectivity index (χ1) is 7.25. The fourth-order valence-electron chi connectivity index (χ4n) is 1.81. The van der Waals surface area contributed by atoms with Crippen molar-refractivity contribution in [3.63, 3.8) is 0 Å². The highest BCUT2D eigenvalue weighted by Gasteiger charge is 2.19. The van der Waals surface area contributed by atoms with Crippen LogP contribution in [0, 0.1) is 6.92 Å². The van der Waals surface area contributed by atoms with Gasteiger partial charge in [-0.25, -0.2) is 0 Å².